The highest BCUT2D eigenvalue weighted by molar-refractivity contribution is 6.24. The lowest BCUT2D eigenvalue weighted by Gasteiger charge is -2.00. The van der Waals surface area contributed by atoms with E-state index in [1.165, 1.54) is 6.07 Å². The third kappa shape index (κ3) is 1.85. The Bertz CT molecular complexity index is 290. The van der Waals surface area contributed by atoms with Crippen LogP contribution < -0.4 is 5.32 Å². The van der Waals surface area contributed by atoms with Crippen LogP contribution in [0.25, 0.3) is 0 Å². The largest absolute Gasteiger partial charge is 0.361 e. The molecule has 0 spiro atoms. The van der Waals surface area contributed by atoms with Gasteiger partial charge in [-0.15, -0.1) is 0 Å². The van der Waals surface area contributed by atoms with Crippen molar-refractivity contribution in [2.24, 2.45) is 0 Å². The van der Waals surface area contributed by atoms with Gasteiger partial charge in [0.2, 0.25) is 0 Å². The summed E-state index contributed by atoms with van der Waals surface area (Å²) in [7, 11) is 0. The van der Waals surface area contributed by atoms with Crippen molar-refractivity contribution in [2.75, 3.05) is 5.32 Å². The van der Waals surface area contributed by atoms with Crippen molar-refractivity contribution in [3.63, 3.8) is 0 Å². The third-order valence-corrected chi connectivity index (χ3v) is 1.42. The maximum absolute atomic E-state index is 10.4. The number of rotatable bonds is 3. The molecule has 0 fully saturated rings. The van der Waals surface area contributed by atoms with Gasteiger partial charge in [0, 0.05) is 6.07 Å². The second kappa shape index (κ2) is 3.92. The second-order valence-corrected chi connectivity index (χ2v) is 2.25. The first kappa shape index (κ1) is 8.80. The van der Waals surface area contributed by atoms with Gasteiger partial charge in [-0.3, -0.25) is 10.1 Å². The molecule has 0 bridgehead atoms. The third-order valence-electron chi connectivity index (χ3n) is 1.31. The fraction of sp³-hybridized carbons (Fsp3) is 0. The van der Waals surface area contributed by atoms with Gasteiger partial charge in [-0.2, -0.15) is 0 Å². The molecule has 0 unspecified atom stereocenters. The lowest BCUT2D eigenvalue weighted by molar-refractivity contribution is -0.383. The predicted octanol–water partition coefficient (Wildman–Crippen LogP) is 2.36. The zero-order valence-electron chi connectivity index (χ0n) is 6.03. The summed E-state index contributed by atoms with van der Waals surface area (Å²) in [5.41, 5.74) is 0.395. The lowest BCUT2D eigenvalue weighted by atomic mass is 10.3. The van der Waals surface area contributed by atoms with Crippen molar-refractivity contribution < 1.29 is 4.92 Å². The lowest BCUT2D eigenvalue weighted by Crippen LogP contribution is -1.95. The molecule has 0 saturated heterocycles. The molecule has 0 atom stereocenters. The van der Waals surface area contributed by atoms with Crippen LogP contribution in [0.15, 0.2) is 24.3 Å². The SMILES string of the molecule is O=[N+]([O-])c1ccccc1N[CH]Cl. The Balaban J connectivity index is 3.00. The molecule has 1 radical (unpaired) electrons. The second-order valence-electron chi connectivity index (χ2n) is 2.03. The molecule has 12 heavy (non-hydrogen) atoms. The van der Waals surface area contributed by atoms with Crippen LogP contribution >= 0.6 is 11.6 Å². The number of nitro groups is 1. The molecule has 0 aliphatic rings. The molecule has 1 aromatic rings. The van der Waals surface area contributed by atoms with Crippen LogP contribution in [0.1, 0.15) is 0 Å². The van der Waals surface area contributed by atoms with Gasteiger partial charge in [0.1, 0.15) is 11.7 Å². The average molecular weight is 186 g/mol. The molecular weight excluding hydrogens is 180 g/mol. The predicted molar refractivity (Wildman–Crippen MR) is 46.9 cm³/mol. The summed E-state index contributed by atoms with van der Waals surface area (Å²) >= 11 is 5.25. The minimum atomic E-state index is -0.470. The van der Waals surface area contributed by atoms with E-state index in [4.69, 9.17) is 11.6 Å². The average Bonchev–Trinajstić information content (AvgIpc) is 2.05. The van der Waals surface area contributed by atoms with Crippen molar-refractivity contribution in [1.29, 1.82) is 0 Å². The maximum Gasteiger partial charge on any atom is 0.292 e. The first-order valence-electron chi connectivity index (χ1n) is 3.17. The summed E-state index contributed by atoms with van der Waals surface area (Å²) in [5, 5.41) is 13.0. The van der Waals surface area contributed by atoms with E-state index in [0.717, 1.165) is 6.00 Å². The number of hydrogen-bond donors (Lipinski definition) is 1. The van der Waals surface area contributed by atoms with Crippen molar-refractivity contribution in [1.82, 2.24) is 0 Å². The molecule has 4 nitrogen and oxygen atoms in total. The minimum absolute atomic E-state index is 0.00870. The Kier molecular flexibility index (Phi) is 2.88. The van der Waals surface area contributed by atoms with Crippen LogP contribution in [-0.2, 0) is 0 Å². The quantitative estimate of drug-likeness (QED) is 0.447. The standard InChI is InChI=1S/C7H6ClN2O2/c8-5-9-6-3-1-2-4-7(6)10(11)12/h1-5,9H. The molecular formula is C7H6ClN2O2. The van der Waals surface area contributed by atoms with E-state index in [1.54, 1.807) is 18.2 Å². The number of benzene rings is 1. The highest BCUT2D eigenvalue weighted by Gasteiger charge is 2.10. The van der Waals surface area contributed by atoms with Crippen LogP contribution in [0.4, 0.5) is 11.4 Å². The number of halogens is 1. The summed E-state index contributed by atoms with van der Waals surface area (Å²) in [5.74, 6) is 0. The number of para-hydroxylation sites is 2. The van der Waals surface area contributed by atoms with E-state index < -0.39 is 4.92 Å². The number of nitrogens with zero attached hydrogens (tertiary/aromatic N) is 1. The van der Waals surface area contributed by atoms with Gasteiger partial charge in [-0.25, -0.2) is 0 Å². The van der Waals surface area contributed by atoms with Crippen molar-refractivity contribution in [3.8, 4) is 0 Å². The zero-order valence-corrected chi connectivity index (χ0v) is 6.78. The summed E-state index contributed by atoms with van der Waals surface area (Å²) in [6.07, 6.45) is 0. The smallest absolute Gasteiger partial charge is 0.292 e. The molecule has 63 valence electrons. The Labute approximate surface area is 74.3 Å². The summed E-state index contributed by atoms with van der Waals surface area (Å²) < 4.78 is 0. The number of anilines is 1. The monoisotopic (exact) mass is 185 g/mol. The molecule has 0 amide bonds. The van der Waals surface area contributed by atoms with Gasteiger partial charge < -0.3 is 5.32 Å². The summed E-state index contributed by atoms with van der Waals surface area (Å²) in [6.45, 7) is 0. The van der Waals surface area contributed by atoms with Crippen LogP contribution in [0, 0.1) is 16.1 Å². The van der Waals surface area contributed by atoms with Gasteiger partial charge in [0.15, 0.2) is 0 Å². The topological polar surface area (TPSA) is 55.2 Å². The molecule has 0 heterocycles. The highest BCUT2D eigenvalue weighted by Crippen LogP contribution is 2.23. The molecule has 1 rings (SSSR count). The van der Waals surface area contributed by atoms with Gasteiger partial charge >= 0.3 is 0 Å². The van der Waals surface area contributed by atoms with Gasteiger partial charge in [0.05, 0.1) is 4.92 Å². The first-order valence-corrected chi connectivity index (χ1v) is 3.61. The normalized spacial score (nSPS) is 9.42. The number of hydrogen-bond acceptors (Lipinski definition) is 3. The van der Waals surface area contributed by atoms with Gasteiger partial charge in [-0.05, 0) is 6.07 Å². The Morgan fingerprint density at radius 1 is 1.50 bits per heavy atom. The van der Waals surface area contributed by atoms with Crippen molar-refractivity contribution in [2.45, 2.75) is 0 Å². The maximum atomic E-state index is 10.4. The molecule has 1 aromatic carbocycles. The van der Waals surface area contributed by atoms with Gasteiger partial charge in [0.25, 0.3) is 5.69 Å². The fourth-order valence-electron chi connectivity index (χ4n) is 0.814. The molecule has 5 heteroatoms. The van der Waals surface area contributed by atoms with Crippen LogP contribution in [0.5, 0.6) is 0 Å². The number of nitrogens with one attached hydrogen (secondary N) is 1. The molecule has 0 saturated carbocycles. The molecule has 0 aromatic heterocycles. The Hall–Kier alpha value is -1.29. The highest BCUT2D eigenvalue weighted by atomic mass is 35.5. The van der Waals surface area contributed by atoms with Crippen LogP contribution in [-0.4, -0.2) is 4.92 Å². The minimum Gasteiger partial charge on any atom is -0.361 e. The van der Waals surface area contributed by atoms with Crippen LogP contribution in [0.3, 0.4) is 0 Å². The van der Waals surface area contributed by atoms with Crippen molar-refractivity contribution >= 4 is 23.0 Å². The Morgan fingerprint density at radius 3 is 2.75 bits per heavy atom. The van der Waals surface area contributed by atoms with E-state index in [1.807, 2.05) is 0 Å². The van der Waals surface area contributed by atoms with E-state index in [0.29, 0.717) is 5.69 Å². The molecule has 1 N–H and O–H groups in total. The summed E-state index contributed by atoms with van der Waals surface area (Å²) in [4.78, 5) is 9.94. The van der Waals surface area contributed by atoms with Crippen LogP contribution in [0.2, 0.25) is 0 Å². The summed E-state index contributed by atoms with van der Waals surface area (Å²) in [6, 6.07) is 7.40. The van der Waals surface area contributed by atoms with E-state index in [-0.39, 0.29) is 5.69 Å². The van der Waals surface area contributed by atoms with Crippen molar-refractivity contribution in [3.05, 3.63) is 40.4 Å². The van der Waals surface area contributed by atoms with Gasteiger partial charge in [-0.1, -0.05) is 23.7 Å². The number of nitro benzene ring substituents is 1. The molecule has 0 aliphatic heterocycles. The van der Waals surface area contributed by atoms with E-state index >= 15 is 0 Å². The molecule has 0 aliphatic carbocycles. The van der Waals surface area contributed by atoms with E-state index in [2.05, 4.69) is 5.32 Å². The fourth-order valence-corrected chi connectivity index (χ4v) is 0.931. The van der Waals surface area contributed by atoms with E-state index in [9.17, 15) is 10.1 Å². The Morgan fingerprint density at radius 2 is 2.17 bits per heavy atom. The first-order chi connectivity index (χ1) is 5.75. The zero-order chi connectivity index (χ0) is 8.97.